The summed E-state index contributed by atoms with van der Waals surface area (Å²) in [5.41, 5.74) is 2.88. The first kappa shape index (κ1) is 14.6. The van der Waals surface area contributed by atoms with Gasteiger partial charge in [0.25, 0.3) is 0 Å². The maximum Gasteiger partial charge on any atom is 0.0828 e. The fourth-order valence-electron chi connectivity index (χ4n) is 3.55. The summed E-state index contributed by atoms with van der Waals surface area (Å²) < 4.78 is 0. The maximum atomic E-state index is 10.6. The standard InChI is InChI=1S/C18H28O/c1-12(2)11-13-7-9-14(10-8-13)15(19)16-17(3,4)18(16,5)6/h7-10,12,15-16,19H,11H2,1-6H3. The highest BCUT2D eigenvalue weighted by Gasteiger charge is 2.67. The number of hydrogen-bond acceptors (Lipinski definition) is 1. The molecule has 0 heterocycles. The largest absolute Gasteiger partial charge is 0.388 e. The summed E-state index contributed by atoms with van der Waals surface area (Å²) in [6, 6.07) is 8.54. The van der Waals surface area contributed by atoms with Gasteiger partial charge in [-0.1, -0.05) is 65.8 Å². The monoisotopic (exact) mass is 260 g/mol. The molecule has 19 heavy (non-hydrogen) atoms. The Morgan fingerprint density at radius 2 is 1.47 bits per heavy atom. The molecule has 0 bridgehead atoms. The lowest BCUT2D eigenvalue weighted by Gasteiger charge is -2.14. The van der Waals surface area contributed by atoms with E-state index >= 15 is 0 Å². The Bertz CT molecular complexity index is 425. The highest BCUT2D eigenvalue weighted by molar-refractivity contribution is 5.28. The third-order valence-electron chi connectivity index (χ3n) is 5.41. The molecule has 1 saturated carbocycles. The van der Waals surface area contributed by atoms with Crippen molar-refractivity contribution in [1.29, 1.82) is 0 Å². The molecule has 0 aromatic heterocycles. The van der Waals surface area contributed by atoms with Gasteiger partial charge in [-0.3, -0.25) is 0 Å². The molecule has 1 fully saturated rings. The zero-order valence-corrected chi connectivity index (χ0v) is 13.2. The number of benzene rings is 1. The summed E-state index contributed by atoms with van der Waals surface area (Å²) in [5, 5.41) is 10.6. The number of aliphatic hydroxyl groups is 1. The van der Waals surface area contributed by atoms with Crippen LogP contribution in [0.15, 0.2) is 24.3 Å². The molecule has 1 unspecified atom stereocenters. The van der Waals surface area contributed by atoms with Gasteiger partial charge in [-0.05, 0) is 34.3 Å². The van der Waals surface area contributed by atoms with Crippen molar-refractivity contribution in [3.05, 3.63) is 35.4 Å². The van der Waals surface area contributed by atoms with E-state index in [-0.39, 0.29) is 16.9 Å². The molecule has 1 aromatic rings. The van der Waals surface area contributed by atoms with Gasteiger partial charge in [0.1, 0.15) is 0 Å². The van der Waals surface area contributed by atoms with E-state index in [0.29, 0.717) is 11.8 Å². The van der Waals surface area contributed by atoms with Crippen LogP contribution in [0.2, 0.25) is 0 Å². The maximum absolute atomic E-state index is 10.6. The lowest BCUT2D eigenvalue weighted by Crippen LogP contribution is -2.05. The predicted octanol–water partition coefficient (Wildman–Crippen LogP) is 4.60. The number of rotatable bonds is 4. The Morgan fingerprint density at radius 3 is 1.84 bits per heavy atom. The van der Waals surface area contributed by atoms with Crippen LogP contribution in [0.5, 0.6) is 0 Å². The Kier molecular flexibility index (Phi) is 3.55. The second kappa shape index (κ2) is 4.63. The minimum Gasteiger partial charge on any atom is -0.388 e. The van der Waals surface area contributed by atoms with E-state index in [1.165, 1.54) is 5.56 Å². The van der Waals surface area contributed by atoms with Crippen molar-refractivity contribution in [3.8, 4) is 0 Å². The average Bonchev–Trinajstić information content (AvgIpc) is 2.68. The van der Waals surface area contributed by atoms with Crippen molar-refractivity contribution < 1.29 is 5.11 Å². The van der Waals surface area contributed by atoms with Crippen molar-refractivity contribution in [1.82, 2.24) is 0 Å². The van der Waals surface area contributed by atoms with E-state index in [0.717, 1.165) is 12.0 Å². The molecule has 1 atom stereocenters. The lowest BCUT2D eigenvalue weighted by molar-refractivity contribution is 0.130. The van der Waals surface area contributed by atoms with Crippen LogP contribution in [0.25, 0.3) is 0 Å². The average molecular weight is 260 g/mol. The normalized spacial score (nSPS) is 22.5. The molecule has 0 aliphatic heterocycles. The van der Waals surface area contributed by atoms with Gasteiger partial charge in [-0.15, -0.1) is 0 Å². The Labute approximate surface area is 118 Å². The van der Waals surface area contributed by atoms with Crippen LogP contribution in [-0.2, 0) is 6.42 Å². The first-order valence-corrected chi connectivity index (χ1v) is 7.45. The summed E-state index contributed by atoms with van der Waals surface area (Å²) in [6.45, 7) is 13.5. The second-order valence-corrected chi connectivity index (χ2v) is 7.71. The zero-order valence-electron chi connectivity index (χ0n) is 13.2. The molecular formula is C18H28O. The Balaban J connectivity index is 2.11. The predicted molar refractivity (Wildman–Crippen MR) is 81.0 cm³/mol. The Morgan fingerprint density at radius 1 is 1.00 bits per heavy atom. The van der Waals surface area contributed by atoms with E-state index < -0.39 is 0 Å². The SMILES string of the molecule is CC(C)Cc1ccc(C(O)C2C(C)(C)C2(C)C)cc1. The summed E-state index contributed by atoms with van der Waals surface area (Å²) in [5.74, 6) is 1.04. The van der Waals surface area contributed by atoms with Gasteiger partial charge in [0, 0.05) is 5.92 Å². The van der Waals surface area contributed by atoms with Crippen LogP contribution < -0.4 is 0 Å². The van der Waals surface area contributed by atoms with Crippen molar-refractivity contribution in [3.63, 3.8) is 0 Å². The van der Waals surface area contributed by atoms with E-state index in [1.54, 1.807) is 0 Å². The lowest BCUT2D eigenvalue weighted by atomic mass is 9.96. The van der Waals surface area contributed by atoms with Crippen molar-refractivity contribution >= 4 is 0 Å². The van der Waals surface area contributed by atoms with Crippen LogP contribution in [0, 0.1) is 22.7 Å². The van der Waals surface area contributed by atoms with Crippen molar-refractivity contribution in [2.24, 2.45) is 22.7 Å². The summed E-state index contributed by atoms with van der Waals surface area (Å²) in [6.07, 6.45) is 0.773. The molecule has 1 heteroatoms. The minimum atomic E-state index is -0.335. The molecule has 1 N–H and O–H groups in total. The van der Waals surface area contributed by atoms with E-state index in [9.17, 15) is 5.11 Å². The number of hydrogen-bond donors (Lipinski definition) is 1. The summed E-state index contributed by atoms with van der Waals surface area (Å²) in [4.78, 5) is 0. The van der Waals surface area contributed by atoms with Gasteiger partial charge < -0.3 is 5.11 Å². The molecule has 0 spiro atoms. The smallest absolute Gasteiger partial charge is 0.0828 e. The third kappa shape index (κ3) is 2.45. The van der Waals surface area contributed by atoms with E-state index in [2.05, 4.69) is 65.8 Å². The first-order valence-electron chi connectivity index (χ1n) is 7.45. The van der Waals surface area contributed by atoms with Crippen LogP contribution in [-0.4, -0.2) is 5.11 Å². The van der Waals surface area contributed by atoms with E-state index in [4.69, 9.17) is 0 Å². The zero-order chi connectivity index (χ0) is 14.4. The van der Waals surface area contributed by atoms with Gasteiger partial charge in [-0.25, -0.2) is 0 Å². The quantitative estimate of drug-likeness (QED) is 0.838. The van der Waals surface area contributed by atoms with Crippen LogP contribution in [0.3, 0.4) is 0 Å². The highest BCUT2D eigenvalue weighted by Crippen LogP contribution is 2.72. The summed E-state index contributed by atoms with van der Waals surface area (Å²) >= 11 is 0. The van der Waals surface area contributed by atoms with Gasteiger partial charge >= 0.3 is 0 Å². The molecule has 1 nitrogen and oxygen atoms in total. The first-order chi connectivity index (χ1) is 8.68. The van der Waals surface area contributed by atoms with Crippen LogP contribution >= 0.6 is 0 Å². The van der Waals surface area contributed by atoms with Gasteiger partial charge in [0.15, 0.2) is 0 Å². The molecular weight excluding hydrogens is 232 g/mol. The molecule has 0 radical (unpaired) electrons. The molecule has 1 aromatic carbocycles. The van der Waals surface area contributed by atoms with Gasteiger partial charge in [-0.2, -0.15) is 0 Å². The van der Waals surface area contributed by atoms with Crippen molar-refractivity contribution in [2.45, 2.75) is 54.1 Å². The molecule has 106 valence electrons. The fourth-order valence-corrected chi connectivity index (χ4v) is 3.55. The molecule has 0 amide bonds. The van der Waals surface area contributed by atoms with Crippen LogP contribution in [0.1, 0.15) is 58.8 Å². The number of aliphatic hydroxyl groups excluding tert-OH is 1. The van der Waals surface area contributed by atoms with Crippen molar-refractivity contribution in [2.75, 3.05) is 0 Å². The van der Waals surface area contributed by atoms with Crippen LogP contribution in [0.4, 0.5) is 0 Å². The fraction of sp³-hybridized carbons (Fsp3) is 0.667. The van der Waals surface area contributed by atoms with Gasteiger partial charge in [0.05, 0.1) is 6.10 Å². The topological polar surface area (TPSA) is 20.2 Å². The Hall–Kier alpha value is -0.820. The van der Waals surface area contributed by atoms with E-state index in [1.807, 2.05) is 0 Å². The highest BCUT2D eigenvalue weighted by atomic mass is 16.3. The minimum absolute atomic E-state index is 0.225. The second-order valence-electron chi connectivity index (χ2n) is 7.71. The molecule has 1 aliphatic carbocycles. The molecule has 1 aliphatic rings. The third-order valence-corrected chi connectivity index (χ3v) is 5.41. The van der Waals surface area contributed by atoms with Gasteiger partial charge in [0.2, 0.25) is 0 Å². The molecule has 0 saturated heterocycles. The summed E-state index contributed by atoms with van der Waals surface area (Å²) in [7, 11) is 0. The molecule has 2 rings (SSSR count).